The van der Waals surface area contributed by atoms with E-state index in [9.17, 15) is 18.0 Å². The summed E-state index contributed by atoms with van der Waals surface area (Å²) in [6.45, 7) is 5.31. The van der Waals surface area contributed by atoms with Crippen molar-refractivity contribution >= 4 is 27.5 Å². The molecule has 144 valence electrons. The van der Waals surface area contributed by atoms with Crippen molar-refractivity contribution in [3.63, 3.8) is 0 Å². The van der Waals surface area contributed by atoms with Crippen LogP contribution in [-0.4, -0.2) is 32.8 Å². The third-order valence-corrected chi connectivity index (χ3v) is 5.06. The molecule has 7 nitrogen and oxygen atoms in total. The minimum absolute atomic E-state index is 0.0142. The molecule has 8 heteroatoms. The zero-order valence-corrected chi connectivity index (χ0v) is 16.3. The molecule has 0 aliphatic rings. The van der Waals surface area contributed by atoms with Crippen LogP contribution >= 0.6 is 0 Å². The second-order valence-electron chi connectivity index (χ2n) is 6.35. The highest BCUT2D eigenvalue weighted by atomic mass is 32.2. The summed E-state index contributed by atoms with van der Waals surface area (Å²) in [7, 11) is -3.76. The maximum Gasteiger partial charge on any atom is 0.261 e. The van der Waals surface area contributed by atoms with Crippen molar-refractivity contribution in [1.29, 1.82) is 0 Å². The molecule has 0 fully saturated rings. The molecule has 0 bridgehead atoms. The number of hydrogen-bond acceptors (Lipinski definition) is 4. The quantitative estimate of drug-likeness (QED) is 0.674. The van der Waals surface area contributed by atoms with Gasteiger partial charge < -0.3 is 10.6 Å². The predicted octanol–water partition coefficient (Wildman–Crippen LogP) is 2.05. The van der Waals surface area contributed by atoms with Gasteiger partial charge in [-0.15, -0.1) is 0 Å². The standard InChI is InChI=1S/C19H23N3O4S/c1-13(2)21-18(23)12-20-19(24)15-8-10-16(11-9-15)27(25,26)22-17-7-5-4-6-14(17)3/h4-11,13,22H,12H2,1-3H3,(H,20,24)(H,21,23). The van der Waals surface area contributed by atoms with Gasteiger partial charge in [0.05, 0.1) is 17.1 Å². The van der Waals surface area contributed by atoms with E-state index >= 15 is 0 Å². The Bertz CT molecular complexity index is 922. The molecule has 2 aromatic rings. The largest absolute Gasteiger partial charge is 0.352 e. The topological polar surface area (TPSA) is 104 Å². The lowest BCUT2D eigenvalue weighted by molar-refractivity contribution is -0.120. The zero-order valence-electron chi connectivity index (χ0n) is 15.4. The van der Waals surface area contributed by atoms with Gasteiger partial charge in [0.2, 0.25) is 5.91 Å². The number of nitrogens with one attached hydrogen (secondary N) is 3. The van der Waals surface area contributed by atoms with Crippen LogP contribution < -0.4 is 15.4 Å². The van der Waals surface area contributed by atoms with Crippen LogP contribution in [0.15, 0.2) is 53.4 Å². The molecule has 2 rings (SSSR count). The maximum atomic E-state index is 12.5. The number of aryl methyl sites for hydroxylation is 1. The average Bonchev–Trinajstić information content (AvgIpc) is 2.61. The molecule has 0 saturated carbocycles. The number of benzene rings is 2. The number of carbonyl (C=O) groups is 2. The lowest BCUT2D eigenvalue weighted by Crippen LogP contribution is -2.39. The first-order chi connectivity index (χ1) is 12.7. The van der Waals surface area contributed by atoms with E-state index in [1.54, 1.807) is 25.1 Å². The zero-order chi connectivity index (χ0) is 20.0. The summed E-state index contributed by atoms with van der Waals surface area (Å²) >= 11 is 0. The molecule has 0 aromatic heterocycles. The number of para-hydroxylation sites is 1. The molecule has 27 heavy (non-hydrogen) atoms. The van der Waals surface area contributed by atoms with Gasteiger partial charge in [0, 0.05) is 11.6 Å². The monoisotopic (exact) mass is 389 g/mol. The van der Waals surface area contributed by atoms with Crippen LogP contribution in [0.25, 0.3) is 0 Å². The van der Waals surface area contributed by atoms with E-state index in [0.29, 0.717) is 5.69 Å². The van der Waals surface area contributed by atoms with Crippen molar-refractivity contribution in [2.45, 2.75) is 31.7 Å². The molecule has 0 aliphatic carbocycles. The number of hydrogen-bond donors (Lipinski definition) is 3. The first-order valence-corrected chi connectivity index (χ1v) is 9.93. The van der Waals surface area contributed by atoms with E-state index in [-0.39, 0.29) is 29.0 Å². The second kappa shape index (κ2) is 8.68. The van der Waals surface area contributed by atoms with Gasteiger partial charge in [-0.3, -0.25) is 14.3 Å². The molecular formula is C19H23N3O4S. The lowest BCUT2D eigenvalue weighted by atomic mass is 10.2. The van der Waals surface area contributed by atoms with E-state index in [1.807, 2.05) is 19.9 Å². The van der Waals surface area contributed by atoms with E-state index in [1.165, 1.54) is 24.3 Å². The second-order valence-corrected chi connectivity index (χ2v) is 8.03. The third kappa shape index (κ3) is 5.82. The smallest absolute Gasteiger partial charge is 0.261 e. The molecule has 0 radical (unpaired) electrons. The molecule has 3 N–H and O–H groups in total. The normalized spacial score (nSPS) is 11.1. The van der Waals surface area contributed by atoms with E-state index < -0.39 is 15.9 Å². The predicted molar refractivity (Wildman–Crippen MR) is 104 cm³/mol. The van der Waals surface area contributed by atoms with Crippen LogP contribution in [0.2, 0.25) is 0 Å². The van der Waals surface area contributed by atoms with Crippen molar-refractivity contribution < 1.29 is 18.0 Å². The van der Waals surface area contributed by atoms with Crippen molar-refractivity contribution in [2.75, 3.05) is 11.3 Å². The average molecular weight is 389 g/mol. The summed E-state index contributed by atoms with van der Waals surface area (Å²) < 4.78 is 27.5. The first-order valence-electron chi connectivity index (χ1n) is 8.45. The summed E-state index contributed by atoms with van der Waals surface area (Å²) in [6, 6.07) is 12.5. The number of rotatable bonds is 7. The Morgan fingerprint density at radius 2 is 1.63 bits per heavy atom. The molecule has 0 atom stereocenters. The van der Waals surface area contributed by atoms with Gasteiger partial charge in [0.15, 0.2) is 0 Å². The van der Waals surface area contributed by atoms with Crippen LogP contribution in [0.5, 0.6) is 0 Å². The minimum Gasteiger partial charge on any atom is -0.352 e. The van der Waals surface area contributed by atoms with Crippen LogP contribution in [0.4, 0.5) is 5.69 Å². The summed E-state index contributed by atoms with van der Waals surface area (Å²) in [6.07, 6.45) is 0. The van der Waals surface area contributed by atoms with Gasteiger partial charge in [-0.25, -0.2) is 8.42 Å². The van der Waals surface area contributed by atoms with Crippen molar-refractivity contribution in [3.05, 3.63) is 59.7 Å². The summed E-state index contributed by atoms with van der Waals surface area (Å²) in [4.78, 5) is 23.7. The van der Waals surface area contributed by atoms with Crippen LogP contribution in [-0.2, 0) is 14.8 Å². The Kier molecular flexibility index (Phi) is 6.57. The lowest BCUT2D eigenvalue weighted by Gasteiger charge is -2.11. The molecule has 2 amide bonds. The summed E-state index contributed by atoms with van der Waals surface area (Å²) in [5, 5.41) is 5.16. The Labute approximate surface area is 159 Å². The molecular weight excluding hydrogens is 366 g/mol. The fourth-order valence-corrected chi connectivity index (χ4v) is 3.44. The molecule has 0 spiro atoms. The molecule has 2 aromatic carbocycles. The van der Waals surface area contributed by atoms with E-state index in [2.05, 4.69) is 15.4 Å². The fourth-order valence-electron chi connectivity index (χ4n) is 2.31. The molecule has 0 aliphatic heterocycles. The van der Waals surface area contributed by atoms with Crippen molar-refractivity contribution in [1.82, 2.24) is 10.6 Å². The van der Waals surface area contributed by atoms with Crippen LogP contribution in [0.1, 0.15) is 29.8 Å². The fraction of sp³-hybridized carbons (Fsp3) is 0.263. The number of anilines is 1. The van der Waals surface area contributed by atoms with Gasteiger partial charge in [0.1, 0.15) is 0 Å². The highest BCUT2D eigenvalue weighted by molar-refractivity contribution is 7.92. The van der Waals surface area contributed by atoms with Crippen LogP contribution in [0, 0.1) is 6.92 Å². The maximum absolute atomic E-state index is 12.5. The SMILES string of the molecule is Cc1ccccc1NS(=O)(=O)c1ccc(C(=O)NCC(=O)NC(C)C)cc1. The number of carbonyl (C=O) groups excluding carboxylic acids is 2. The van der Waals surface area contributed by atoms with Gasteiger partial charge in [-0.2, -0.15) is 0 Å². The van der Waals surface area contributed by atoms with Crippen molar-refractivity contribution in [2.24, 2.45) is 0 Å². The van der Waals surface area contributed by atoms with Gasteiger partial charge in [-0.05, 0) is 56.7 Å². The Morgan fingerprint density at radius 3 is 2.22 bits per heavy atom. The van der Waals surface area contributed by atoms with Crippen LogP contribution in [0.3, 0.4) is 0 Å². The number of amides is 2. The summed E-state index contributed by atoms with van der Waals surface area (Å²) in [5.74, 6) is -0.746. The summed E-state index contributed by atoms with van der Waals surface area (Å²) in [5.41, 5.74) is 1.56. The van der Waals surface area contributed by atoms with Gasteiger partial charge >= 0.3 is 0 Å². The van der Waals surface area contributed by atoms with E-state index in [0.717, 1.165) is 5.56 Å². The highest BCUT2D eigenvalue weighted by Gasteiger charge is 2.16. The Hall–Kier alpha value is -2.87. The third-order valence-electron chi connectivity index (χ3n) is 3.68. The molecule has 0 heterocycles. The first kappa shape index (κ1) is 20.4. The highest BCUT2D eigenvalue weighted by Crippen LogP contribution is 2.19. The minimum atomic E-state index is -3.76. The van der Waals surface area contributed by atoms with E-state index in [4.69, 9.17) is 0 Å². The van der Waals surface area contributed by atoms with Crippen molar-refractivity contribution in [3.8, 4) is 0 Å². The van der Waals surface area contributed by atoms with Gasteiger partial charge in [-0.1, -0.05) is 18.2 Å². The Balaban J connectivity index is 2.04. The number of sulfonamides is 1. The van der Waals surface area contributed by atoms with Gasteiger partial charge in [0.25, 0.3) is 15.9 Å². The molecule has 0 saturated heterocycles. The Morgan fingerprint density at radius 1 is 1.00 bits per heavy atom. The molecule has 0 unspecified atom stereocenters.